The zero-order valence-corrected chi connectivity index (χ0v) is 12.2. The van der Waals surface area contributed by atoms with Crippen molar-refractivity contribution in [1.29, 1.82) is 0 Å². The summed E-state index contributed by atoms with van der Waals surface area (Å²) in [5, 5.41) is 8.68. The van der Waals surface area contributed by atoms with Crippen LogP contribution >= 0.6 is 0 Å². The van der Waals surface area contributed by atoms with Crippen LogP contribution in [0.1, 0.15) is 36.8 Å². The number of primary amides is 1. The molecule has 0 bridgehead atoms. The number of hydrogen-bond acceptors (Lipinski definition) is 3. The first-order chi connectivity index (χ1) is 10.2. The van der Waals surface area contributed by atoms with Gasteiger partial charge in [0.1, 0.15) is 6.61 Å². The van der Waals surface area contributed by atoms with Crippen LogP contribution in [0.2, 0.25) is 0 Å². The zero-order chi connectivity index (χ0) is 15.1. The van der Waals surface area contributed by atoms with Gasteiger partial charge < -0.3 is 10.8 Å². The maximum atomic E-state index is 11.3. The molecule has 2 rings (SSSR count). The van der Waals surface area contributed by atoms with E-state index in [9.17, 15) is 4.79 Å². The van der Waals surface area contributed by atoms with E-state index in [0.717, 1.165) is 30.5 Å². The minimum Gasteiger partial charge on any atom is -0.384 e. The van der Waals surface area contributed by atoms with Gasteiger partial charge in [0.25, 0.3) is 0 Å². The van der Waals surface area contributed by atoms with Gasteiger partial charge in [-0.05, 0) is 30.5 Å². The number of aliphatic hydroxyl groups excluding tert-OH is 1. The summed E-state index contributed by atoms with van der Waals surface area (Å²) in [5.41, 5.74) is 7.41. The Labute approximate surface area is 125 Å². The molecule has 1 aromatic rings. The summed E-state index contributed by atoms with van der Waals surface area (Å²) in [4.78, 5) is 13.5. The fourth-order valence-corrected chi connectivity index (χ4v) is 2.85. The molecule has 1 amide bonds. The predicted octanol–water partition coefficient (Wildman–Crippen LogP) is 1.26. The number of amides is 1. The molecular weight excluding hydrogens is 264 g/mol. The number of carbonyl (C=O) groups excluding carboxylic acids is 1. The normalized spacial score (nSPS) is 15.0. The van der Waals surface area contributed by atoms with E-state index >= 15 is 0 Å². The summed E-state index contributed by atoms with van der Waals surface area (Å²) < 4.78 is 0. The Kier molecular flexibility index (Phi) is 5.79. The number of hydrogen-bond donors (Lipinski definition) is 2. The summed E-state index contributed by atoms with van der Waals surface area (Å²) in [5.74, 6) is 5.23. The van der Waals surface area contributed by atoms with Gasteiger partial charge in [-0.1, -0.05) is 36.8 Å². The number of carbonyl (C=O) groups is 1. The van der Waals surface area contributed by atoms with Gasteiger partial charge in [0, 0.05) is 18.2 Å². The minimum atomic E-state index is -0.271. The van der Waals surface area contributed by atoms with Crippen molar-refractivity contribution < 1.29 is 9.90 Å². The molecule has 21 heavy (non-hydrogen) atoms. The monoisotopic (exact) mass is 286 g/mol. The Bertz CT molecular complexity index is 522. The van der Waals surface area contributed by atoms with Crippen LogP contribution in [0.25, 0.3) is 0 Å². The molecule has 0 saturated heterocycles. The second kappa shape index (κ2) is 7.82. The van der Waals surface area contributed by atoms with Crippen molar-refractivity contribution in [3.8, 4) is 11.8 Å². The van der Waals surface area contributed by atoms with Gasteiger partial charge >= 0.3 is 0 Å². The fraction of sp³-hybridized carbons (Fsp3) is 0.471. The van der Waals surface area contributed by atoms with E-state index in [1.807, 2.05) is 24.3 Å². The molecule has 3 N–H and O–H groups in total. The average molecular weight is 286 g/mol. The van der Waals surface area contributed by atoms with Crippen LogP contribution in [0.5, 0.6) is 0 Å². The lowest BCUT2D eigenvalue weighted by molar-refractivity contribution is -0.119. The fourth-order valence-electron chi connectivity index (χ4n) is 2.85. The number of nitrogens with zero attached hydrogens (tertiary/aromatic N) is 1. The summed E-state index contributed by atoms with van der Waals surface area (Å²) >= 11 is 0. The van der Waals surface area contributed by atoms with Crippen LogP contribution < -0.4 is 5.73 Å². The van der Waals surface area contributed by atoms with Gasteiger partial charge in [0.05, 0.1) is 6.54 Å². The number of rotatable bonds is 5. The molecule has 0 unspecified atom stereocenters. The van der Waals surface area contributed by atoms with Gasteiger partial charge in [-0.3, -0.25) is 9.69 Å². The predicted molar refractivity (Wildman–Crippen MR) is 82.3 cm³/mol. The third kappa shape index (κ3) is 4.89. The quantitative estimate of drug-likeness (QED) is 0.801. The van der Waals surface area contributed by atoms with Gasteiger partial charge in [0.2, 0.25) is 5.91 Å². The standard InChI is InChI=1S/C17H22N2O2/c18-17(21)13-19(16-5-1-2-6-16)12-15-9-7-14(8-10-15)4-3-11-20/h7-10,16,20H,1-2,5-6,11-13H2,(H2,18,21). The van der Waals surface area contributed by atoms with Gasteiger partial charge in [-0.15, -0.1) is 0 Å². The first-order valence-corrected chi connectivity index (χ1v) is 7.40. The van der Waals surface area contributed by atoms with Crippen molar-refractivity contribution in [3.05, 3.63) is 35.4 Å². The van der Waals surface area contributed by atoms with Gasteiger partial charge in [-0.2, -0.15) is 0 Å². The van der Waals surface area contributed by atoms with Crippen molar-refractivity contribution in [3.63, 3.8) is 0 Å². The molecule has 0 spiro atoms. The molecule has 1 aromatic carbocycles. The minimum absolute atomic E-state index is 0.129. The second-order valence-electron chi connectivity index (χ2n) is 5.47. The summed E-state index contributed by atoms with van der Waals surface area (Å²) in [7, 11) is 0. The topological polar surface area (TPSA) is 66.6 Å². The lowest BCUT2D eigenvalue weighted by Crippen LogP contribution is -2.39. The molecule has 0 aliphatic heterocycles. The molecule has 0 aromatic heterocycles. The molecule has 1 saturated carbocycles. The van der Waals surface area contributed by atoms with E-state index in [0.29, 0.717) is 12.6 Å². The zero-order valence-electron chi connectivity index (χ0n) is 12.2. The van der Waals surface area contributed by atoms with Crippen molar-refractivity contribution in [2.45, 2.75) is 38.3 Å². The number of nitrogens with two attached hydrogens (primary N) is 1. The SMILES string of the molecule is NC(=O)CN(Cc1ccc(C#CCO)cc1)C1CCCC1. The highest BCUT2D eigenvalue weighted by molar-refractivity contribution is 5.76. The molecule has 1 aliphatic rings. The molecule has 1 fully saturated rings. The molecule has 0 radical (unpaired) electrons. The Morgan fingerprint density at radius 1 is 1.29 bits per heavy atom. The van der Waals surface area contributed by atoms with Gasteiger partial charge in [-0.25, -0.2) is 0 Å². The Balaban J connectivity index is 2.03. The van der Waals surface area contributed by atoms with E-state index < -0.39 is 0 Å². The highest BCUT2D eigenvalue weighted by atomic mass is 16.2. The average Bonchev–Trinajstić information content (AvgIpc) is 2.99. The van der Waals surface area contributed by atoms with Crippen LogP contribution in [0, 0.1) is 11.8 Å². The van der Waals surface area contributed by atoms with Crippen LogP contribution in [0.3, 0.4) is 0 Å². The molecule has 0 atom stereocenters. The van der Waals surface area contributed by atoms with Crippen LogP contribution in [0.4, 0.5) is 0 Å². The van der Waals surface area contributed by atoms with E-state index in [2.05, 4.69) is 16.7 Å². The molecule has 1 aliphatic carbocycles. The van der Waals surface area contributed by atoms with Crippen LogP contribution in [0.15, 0.2) is 24.3 Å². The smallest absolute Gasteiger partial charge is 0.231 e. The first kappa shape index (κ1) is 15.6. The maximum Gasteiger partial charge on any atom is 0.231 e. The molecule has 4 nitrogen and oxygen atoms in total. The van der Waals surface area contributed by atoms with Crippen molar-refractivity contribution in [2.24, 2.45) is 5.73 Å². The van der Waals surface area contributed by atoms with Crippen LogP contribution in [-0.4, -0.2) is 35.1 Å². The molecular formula is C17H22N2O2. The van der Waals surface area contributed by atoms with Gasteiger partial charge in [0.15, 0.2) is 0 Å². The third-order valence-corrected chi connectivity index (χ3v) is 3.85. The van der Waals surface area contributed by atoms with Crippen molar-refractivity contribution in [1.82, 2.24) is 4.90 Å². The number of aliphatic hydroxyl groups is 1. The van der Waals surface area contributed by atoms with E-state index in [4.69, 9.17) is 10.8 Å². The maximum absolute atomic E-state index is 11.3. The largest absolute Gasteiger partial charge is 0.384 e. The van der Waals surface area contributed by atoms with E-state index in [1.165, 1.54) is 12.8 Å². The second-order valence-corrected chi connectivity index (χ2v) is 5.47. The highest BCUT2D eigenvalue weighted by Gasteiger charge is 2.23. The molecule has 112 valence electrons. The summed E-state index contributed by atoms with van der Waals surface area (Å²) in [6.45, 7) is 0.924. The summed E-state index contributed by atoms with van der Waals surface area (Å²) in [6, 6.07) is 8.38. The van der Waals surface area contributed by atoms with Crippen LogP contribution in [-0.2, 0) is 11.3 Å². The highest BCUT2D eigenvalue weighted by Crippen LogP contribution is 2.24. The third-order valence-electron chi connectivity index (χ3n) is 3.85. The Morgan fingerprint density at radius 3 is 2.52 bits per heavy atom. The first-order valence-electron chi connectivity index (χ1n) is 7.40. The molecule has 0 heterocycles. The summed E-state index contributed by atoms with van der Waals surface area (Å²) in [6.07, 6.45) is 4.76. The van der Waals surface area contributed by atoms with E-state index in [-0.39, 0.29) is 12.5 Å². The van der Waals surface area contributed by atoms with Crippen molar-refractivity contribution in [2.75, 3.05) is 13.2 Å². The Hall–Kier alpha value is -1.83. The van der Waals surface area contributed by atoms with Crippen molar-refractivity contribution >= 4 is 5.91 Å². The van der Waals surface area contributed by atoms with E-state index in [1.54, 1.807) is 0 Å². The lowest BCUT2D eigenvalue weighted by atomic mass is 10.1. The number of benzene rings is 1. The lowest BCUT2D eigenvalue weighted by Gasteiger charge is -2.27. The Morgan fingerprint density at radius 2 is 1.95 bits per heavy atom. The molecule has 4 heteroatoms.